The standard InChI is InChI=1S/C17H20ClNO/c1-3-16(20-17-7-5-4-6-13(17)2)12-19-15-10-8-14(18)9-11-15/h4-11,16,19H,3,12H2,1-2H3. The molecule has 0 aliphatic heterocycles. The number of hydrogen-bond acceptors (Lipinski definition) is 2. The average molecular weight is 290 g/mol. The number of hydrogen-bond donors (Lipinski definition) is 1. The number of para-hydroxylation sites is 1. The molecule has 106 valence electrons. The van der Waals surface area contributed by atoms with E-state index in [1.165, 1.54) is 0 Å². The molecule has 0 aliphatic carbocycles. The summed E-state index contributed by atoms with van der Waals surface area (Å²) in [6.07, 6.45) is 1.10. The van der Waals surface area contributed by atoms with Crippen molar-refractivity contribution < 1.29 is 4.74 Å². The third-order valence-electron chi connectivity index (χ3n) is 3.22. The van der Waals surface area contributed by atoms with E-state index in [1.54, 1.807) is 0 Å². The molecule has 1 unspecified atom stereocenters. The molecule has 3 heteroatoms. The predicted molar refractivity (Wildman–Crippen MR) is 85.8 cm³/mol. The first-order chi connectivity index (χ1) is 9.69. The van der Waals surface area contributed by atoms with E-state index in [1.807, 2.05) is 42.5 Å². The maximum Gasteiger partial charge on any atom is 0.122 e. The lowest BCUT2D eigenvalue weighted by molar-refractivity contribution is 0.208. The highest BCUT2D eigenvalue weighted by molar-refractivity contribution is 6.30. The first-order valence-corrected chi connectivity index (χ1v) is 7.28. The number of ether oxygens (including phenoxy) is 1. The van der Waals surface area contributed by atoms with E-state index >= 15 is 0 Å². The van der Waals surface area contributed by atoms with E-state index in [9.17, 15) is 0 Å². The Kier molecular flexibility index (Phi) is 5.31. The van der Waals surface area contributed by atoms with Crippen LogP contribution in [0, 0.1) is 6.92 Å². The van der Waals surface area contributed by atoms with Gasteiger partial charge in [0.2, 0.25) is 0 Å². The fraction of sp³-hybridized carbons (Fsp3) is 0.294. The van der Waals surface area contributed by atoms with Gasteiger partial charge < -0.3 is 10.1 Å². The summed E-state index contributed by atoms with van der Waals surface area (Å²) in [5.74, 6) is 0.956. The molecule has 0 bridgehead atoms. The molecule has 1 atom stereocenters. The van der Waals surface area contributed by atoms with Crippen molar-refractivity contribution in [2.45, 2.75) is 26.4 Å². The van der Waals surface area contributed by atoms with Gasteiger partial charge >= 0.3 is 0 Å². The van der Waals surface area contributed by atoms with E-state index in [4.69, 9.17) is 16.3 Å². The van der Waals surface area contributed by atoms with E-state index in [2.05, 4.69) is 25.2 Å². The Labute approximate surface area is 125 Å². The molecule has 0 radical (unpaired) electrons. The van der Waals surface area contributed by atoms with Crippen LogP contribution in [0.25, 0.3) is 0 Å². The zero-order chi connectivity index (χ0) is 14.4. The maximum absolute atomic E-state index is 6.05. The van der Waals surface area contributed by atoms with Crippen molar-refractivity contribution in [1.29, 1.82) is 0 Å². The molecule has 20 heavy (non-hydrogen) atoms. The van der Waals surface area contributed by atoms with Gasteiger partial charge in [-0.15, -0.1) is 0 Å². The normalized spacial score (nSPS) is 11.9. The molecule has 0 aromatic heterocycles. The number of halogens is 1. The lowest BCUT2D eigenvalue weighted by Crippen LogP contribution is -2.25. The van der Waals surface area contributed by atoms with E-state index in [0.29, 0.717) is 0 Å². The smallest absolute Gasteiger partial charge is 0.122 e. The maximum atomic E-state index is 6.05. The van der Waals surface area contributed by atoms with Gasteiger partial charge in [0.05, 0.1) is 6.54 Å². The van der Waals surface area contributed by atoms with Crippen LogP contribution >= 0.6 is 11.6 Å². The quantitative estimate of drug-likeness (QED) is 0.815. The van der Waals surface area contributed by atoms with Crippen LogP contribution in [0.4, 0.5) is 5.69 Å². The van der Waals surface area contributed by atoms with Gasteiger partial charge in [0.15, 0.2) is 0 Å². The number of nitrogens with one attached hydrogen (secondary N) is 1. The predicted octanol–water partition coefficient (Wildman–Crippen LogP) is 4.92. The average Bonchev–Trinajstić information content (AvgIpc) is 2.47. The third-order valence-corrected chi connectivity index (χ3v) is 3.47. The van der Waals surface area contributed by atoms with E-state index in [0.717, 1.165) is 35.0 Å². The molecular weight excluding hydrogens is 270 g/mol. The topological polar surface area (TPSA) is 21.3 Å². The van der Waals surface area contributed by atoms with Crippen molar-refractivity contribution in [3.8, 4) is 5.75 Å². The molecule has 0 spiro atoms. The Morgan fingerprint density at radius 3 is 2.45 bits per heavy atom. The molecular formula is C17H20ClNO. The molecule has 2 nitrogen and oxygen atoms in total. The van der Waals surface area contributed by atoms with Gasteiger partial charge in [0.25, 0.3) is 0 Å². The van der Waals surface area contributed by atoms with Gasteiger partial charge in [-0.25, -0.2) is 0 Å². The van der Waals surface area contributed by atoms with Gasteiger partial charge in [0, 0.05) is 10.7 Å². The van der Waals surface area contributed by atoms with Gasteiger partial charge in [-0.05, 0) is 49.2 Å². The third kappa shape index (κ3) is 4.17. The Hall–Kier alpha value is -1.67. The van der Waals surface area contributed by atoms with Crippen LogP contribution in [0.2, 0.25) is 5.02 Å². The van der Waals surface area contributed by atoms with Crippen molar-refractivity contribution in [1.82, 2.24) is 0 Å². The van der Waals surface area contributed by atoms with Gasteiger partial charge in [-0.3, -0.25) is 0 Å². The van der Waals surface area contributed by atoms with Crippen molar-refractivity contribution in [3.63, 3.8) is 0 Å². The van der Waals surface area contributed by atoms with Crippen LogP contribution < -0.4 is 10.1 Å². The molecule has 0 saturated carbocycles. The fourth-order valence-electron chi connectivity index (χ4n) is 1.94. The SMILES string of the molecule is CCC(CNc1ccc(Cl)cc1)Oc1ccccc1C. The zero-order valence-corrected chi connectivity index (χ0v) is 12.7. The number of benzene rings is 2. The largest absolute Gasteiger partial charge is 0.488 e. The molecule has 2 rings (SSSR count). The lowest BCUT2D eigenvalue weighted by atomic mass is 10.2. The Balaban J connectivity index is 1.92. The highest BCUT2D eigenvalue weighted by Crippen LogP contribution is 2.19. The zero-order valence-electron chi connectivity index (χ0n) is 11.9. The fourth-order valence-corrected chi connectivity index (χ4v) is 2.06. The van der Waals surface area contributed by atoms with E-state index in [-0.39, 0.29) is 6.10 Å². The van der Waals surface area contributed by atoms with Crippen LogP contribution in [-0.2, 0) is 0 Å². The van der Waals surface area contributed by atoms with Crippen molar-refractivity contribution in [2.24, 2.45) is 0 Å². The van der Waals surface area contributed by atoms with Crippen LogP contribution in [0.1, 0.15) is 18.9 Å². The van der Waals surface area contributed by atoms with Gasteiger partial charge in [-0.2, -0.15) is 0 Å². The summed E-state index contributed by atoms with van der Waals surface area (Å²) in [5.41, 5.74) is 2.22. The summed E-state index contributed by atoms with van der Waals surface area (Å²) in [4.78, 5) is 0. The summed E-state index contributed by atoms with van der Waals surface area (Å²) < 4.78 is 6.05. The first-order valence-electron chi connectivity index (χ1n) is 6.90. The minimum atomic E-state index is 0.145. The second-order valence-corrected chi connectivity index (χ2v) is 5.24. The molecule has 0 fully saturated rings. The molecule has 0 heterocycles. The second-order valence-electron chi connectivity index (χ2n) is 4.80. The van der Waals surface area contributed by atoms with Crippen LogP contribution in [0.3, 0.4) is 0 Å². The summed E-state index contributed by atoms with van der Waals surface area (Å²) >= 11 is 5.87. The number of rotatable bonds is 6. The highest BCUT2D eigenvalue weighted by atomic mass is 35.5. The van der Waals surface area contributed by atoms with Crippen LogP contribution in [-0.4, -0.2) is 12.6 Å². The summed E-state index contributed by atoms with van der Waals surface area (Å²) in [6.45, 7) is 4.97. The minimum absolute atomic E-state index is 0.145. The van der Waals surface area contributed by atoms with Crippen molar-refractivity contribution >= 4 is 17.3 Å². The monoisotopic (exact) mass is 289 g/mol. The Morgan fingerprint density at radius 2 is 1.80 bits per heavy atom. The molecule has 2 aromatic carbocycles. The van der Waals surface area contributed by atoms with E-state index < -0.39 is 0 Å². The van der Waals surface area contributed by atoms with Crippen molar-refractivity contribution in [3.05, 3.63) is 59.1 Å². The summed E-state index contributed by atoms with van der Waals surface area (Å²) in [7, 11) is 0. The number of aryl methyl sites for hydroxylation is 1. The highest BCUT2D eigenvalue weighted by Gasteiger charge is 2.09. The molecule has 1 N–H and O–H groups in total. The Bertz CT molecular complexity index is 539. The molecule has 0 amide bonds. The second kappa shape index (κ2) is 7.20. The minimum Gasteiger partial charge on any atom is -0.488 e. The molecule has 0 aliphatic rings. The number of anilines is 1. The lowest BCUT2D eigenvalue weighted by Gasteiger charge is -2.20. The van der Waals surface area contributed by atoms with Gasteiger partial charge in [0.1, 0.15) is 11.9 Å². The summed E-state index contributed by atoms with van der Waals surface area (Å²) in [5, 5.41) is 4.13. The van der Waals surface area contributed by atoms with Gasteiger partial charge in [-0.1, -0.05) is 36.7 Å². The van der Waals surface area contributed by atoms with Crippen LogP contribution in [0.5, 0.6) is 5.75 Å². The van der Waals surface area contributed by atoms with Crippen LogP contribution in [0.15, 0.2) is 48.5 Å². The molecule has 0 saturated heterocycles. The van der Waals surface area contributed by atoms with Crippen molar-refractivity contribution in [2.75, 3.05) is 11.9 Å². The summed E-state index contributed by atoms with van der Waals surface area (Å²) in [6, 6.07) is 15.8. The molecule has 2 aromatic rings. The first kappa shape index (κ1) is 14.7. The Morgan fingerprint density at radius 1 is 1.10 bits per heavy atom.